The zero-order valence-electron chi connectivity index (χ0n) is 53.6. The van der Waals surface area contributed by atoms with E-state index in [2.05, 4.69) is 95.1 Å². The summed E-state index contributed by atoms with van der Waals surface area (Å²) < 4.78 is 18.9. The lowest BCUT2D eigenvalue weighted by Gasteiger charge is -2.40. The highest BCUT2D eigenvalue weighted by molar-refractivity contribution is 9.10. The maximum Gasteiger partial charge on any atom is 0.498 e. The van der Waals surface area contributed by atoms with Crippen LogP contribution in [0, 0.1) is 5.92 Å². The molecule has 6 aromatic rings. The molecule has 21 nitrogen and oxygen atoms in total. The van der Waals surface area contributed by atoms with Gasteiger partial charge in [-0.15, -0.1) is 0 Å². The fourth-order valence-corrected chi connectivity index (χ4v) is 11.6. The molecule has 1 saturated heterocycles. The van der Waals surface area contributed by atoms with Crippen LogP contribution in [0.5, 0.6) is 0 Å². The molecule has 4 amide bonds. The van der Waals surface area contributed by atoms with Gasteiger partial charge in [0.05, 0.1) is 93.6 Å². The van der Waals surface area contributed by atoms with Crippen LogP contribution >= 0.6 is 15.9 Å². The molecule has 0 unspecified atom stereocenters. The molecule has 23 heteroatoms. The Morgan fingerprint density at radius 1 is 0.614 bits per heavy atom. The fourth-order valence-electron chi connectivity index (χ4n) is 11.2. The van der Waals surface area contributed by atoms with E-state index in [0.717, 1.165) is 81.0 Å². The first-order valence-corrected chi connectivity index (χ1v) is 31.9. The maximum atomic E-state index is 12.9. The number of hydrogen-bond acceptors (Lipinski definition) is 14. The van der Waals surface area contributed by atoms with Crippen molar-refractivity contribution in [1.82, 2.24) is 44.3 Å². The van der Waals surface area contributed by atoms with Gasteiger partial charge in [-0.05, 0) is 185 Å². The molecule has 3 saturated carbocycles. The zero-order valence-corrected chi connectivity index (χ0v) is 55.2. The Labute approximate surface area is 526 Å². The van der Waals surface area contributed by atoms with Crippen molar-refractivity contribution in [2.24, 2.45) is 10.9 Å². The molecule has 6 aromatic heterocycles. The molecule has 4 fully saturated rings. The number of aromatic nitrogens is 9. The van der Waals surface area contributed by atoms with Gasteiger partial charge in [0.25, 0.3) is 0 Å². The van der Waals surface area contributed by atoms with Gasteiger partial charge in [-0.25, -0.2) is 19.8 Å². The number of fused-ring (bicyclic) bond motifs is 3. The molecule has 4 aliphatic heterocycles. The lowest BCUT2D eigenvalue weighted by Crippen LogP contribution is -2.52. The van der Waals surface area contributed by atoms with Crippen LogP contribution in [0.3, 0.4) is 0 Å². The Morgan fingerprint density at radius 2 is 1.06 bits per heavy atom. The average molecular weight is 1270 g/mol. The topological polar surface area (TPSA) is 221 Å². The number of carbonyl (C=O) groups is 4. The molecule has 468 valence electrons. The van der Waals surface area contributed by atoms with E-state index in [4.69, 9.17) is 19.3 Å². The molecule has 3 aliphatic carbocycles. The lowest BCUT2D eigenvalue weighted by atomic mass is 9.82. The van der Waals surface area contributed by atoms with Crippen molar-refractivity contribution in [1.29, 1.82) is 0 Å². The Balaban J connectivity index is 0.000000139. The number of amides is 4. The van der Waals surface area contributed by atoms with Gasteiger partial charge in [0.1, 0.15) is 4.60 Å². The summed E-state index contributed by atoms with van der Waals surface area (Å²) >= 11 is 3.35. The zero-order chi connectivity index (χ0) is 63.5. The molecular formula is C65H86BBrN14O7. The van der Waals surface area contributed by atoms with E-state index in [-0.39, 0.29) is 72.0 Å². The minimum absolute atomic E-state index is 0.0409. The molecule has 0 radical (unpaired) electrons. The van der Waals surface area contributed by atoms with E-state index in [9.17, 15) is 24.0 Å². The molecule has 13 rings (SSSR count). The second-order valence-corrected chi connectivity index (χ2v) is 26.8. The van der Waals surface area contributed by atoms with Crippen LogP contribution in [0.25, 0.3) is 22.5 Å². The Bertz CT molecular complexity index is 3530. The van der Waals surface area contributed by atoms with Crippen molar-refractivity contribution in [3.8, 4) is 22.5 Å². The highest BCUT2D eigenvalue weighted by atomic mass is 79.9. The van der Waals surface area contributed by atoms with Crippen molar-refractivity contribution < 1.29 is 33.3 Å². The van der Waals surface area contributed by atoms with E-state index < -0.39 is 0 Å². The number of hydrogen-bond donors (Lipinski definition) is 0. The quantitative estimate of drug-likeness (QED) is 0.0569. The van der Waals surface area contributed by atoms with Crippen LogP contribution in [0.1, 0.15) is 184 Å². The third kappa shape index (κ3) is 15.4. The minimum atomic E-state index is -0.285. The van der Waals surface area contributed by atoms with Gasteiger partial charge in [0.2, 0.25) is 29.7 Å². The molecule has 7 aliphatic rings. The second-order valence-electron chi connectivity index (χ2n) is 26.0. The first-order chi connectivity index (χ1) is 41.7. The normalized spacial score (nSPS) is 20.3. The van der Waals surface area contributed by atoms with Gasteiger partial charge >= 0.3 is 7.12 Å². The van der Waals surface area contributed by atoms with Crippen LogP contribution in [-0.4, -0.2) is 123 Å². The monoisotopic (exact) mass is 1260 g/mol. The van der Waals surface area contributed by atoms with Gasteiger partial charge in [-0.1, -0.05) is 13.8 Å². The first kappa shape index (κ1) is 65.3. The highest BCUT2D eigenvalue weighted by Crippen LogP contribution is 2.41. The lowest BCUT2D eigenvalue weighted by molar-refractivity contribution is -0.120. The second kappa shape index (κ2) is 27.3. The molecule has 0 bridgehead atoms. The summed E-state index contributed by atoms with van der Waals surface area (Å²) in [6.45, 7) is 27.4. The number of anilines is 4. The van der Waals surface area contributed by atoms with Crippen LogP contribution in [0.2, 0.25) is 0 Å². The highest BCUT2D eigenvalue weighted by Gasteiger charge is 2.52. The number of carbonyl (C=O) groups excluding carboxylic acids is 5. The number of aliphatic imine (C=N–C) groups is 1. The van der Waals surface area contributed by atoms with Crippen molar-refractivity contribution >= 4 is 81.1 Å². The summed E-state index contributed by atoms with van der Waals surface area (Å²) in [6.07, 6.45) is 24.7. The number of rotatable bonds is 9. The van der Waals surface area contributed by atoms with E-state index >= 15 is 0 Å². The molecule has 0 aromatic carbocycles. The Hall–Kier alpha value is -7.20. The number of nitrogens with zero attached hydrogens (tertiary/aromatic N) is 14. The molecular weight excluding hydrogens is 1180 g/mol. The van der Waals surface area contributed by atoms with Crippen LogP contribution in [-0.2, 0) is 46.1 Å². The summed E-state index contributed by atoms with van der Waals surface area (Å²) in [5.74, 6) is 1.01. The number of halogens is 1. The molecule has 0 spiro atoms. The SMILES string of the molecule is CC(=O)N1c2ccc(-c3cnn(C4CC4)c3)nc2CC[C@@H]1C.CC(=O)N1c2ccc(-c3cnn(C4CC4)c3)nc2N(C(=O)CC(C)C)C[C@@H]1C.CC(=O)N1c2ccc(Br)nc2CC[C@@H]1C.CC(C)N=C=O.CC1(C)OB(c2cnn(C3CC3)c2)OC1(C)C. The Morgan fingerprint density at radius 3 is 1.51 bits per heavy atom. The third-order valence-corrected chi connectivity index (χ3v) is 17.5. The van der Waals surface area contributed by atoms with Gasteiger partial charge in [0, 0.05) is 87.2 Å². The molecule has 0 N–H and O–H groups in total. The van der Waals surface area contributed by atoms with E-state index in [1.54, 1.807) is 30.6 Å². The number of aryl methyl sites for hydroxylation is 2. The molecule has 88 heavy (non-hydrogen) atoms. The maximum absolute atomic E-state index is 12.9. The largest absolute Gasteiger partial charge is 0.498 e. The van der Waals surface area contributed by atoms with Gasteiger partial charge < -0.3 is 24.0 Å². The predicted octanol–water partition coefficient (Wildman–Crippen LogP) is 11.2. The van der Waals surface area contributed by atoms with Crippen LogP contribution in [0.15, 0.2) is 83.2 Å². The summed E-state index contributed by atoms with van der Waals surface area (Å²) in [5.41, 5.74) is 8.82. The van der Waals surface area contributed by atoms with Crippen molar-refractivity contribution in [3.05, 3.63) is 89.6 Å². The van der Waals surface area contributed by atoms with Crippen LogP contribution < -0.4 is 25.1 Å². The van der Waals surface area contributed by atoms with E-state index in [1.807, 2.05) is 120 Å². The molecule has 3 atom stereocenters. The first-order valence-electron chi connectivity index (χ1n) is 31.2. The number of pyridine rings is 3. The predicted molar refractivity (Wildman–Crippen MR) is 345 cm³/mol. The summed E-state index contributed by atoms with van der Waals surface area (Å²) in [6, 6.07) is 13.9. The van der Waals surface area contributed by atoms with Gasteiger partial charge in [0.15, 0.2) is 5.82 Å². The fraction of sp³-hybridized carbons (Fsp3) is 0.554. The van der Waals surface area contributed by atoms with Crippen molar-refractivity contribution in [3.63, 3.8) is 0 Å². The average Bonchev–Trinajstić information content (AvgIpc) is 1.46. The molecule has 10 heterocycles. The van der Waals surface area contributed by atoms with Crippen molar-refractivity contribution in [2.45, 2.75) is 221 Å². The van der Waals surface area contributed by atoms with Gasteiger partial charge in [-0.2, -0.15) is 15.3 Å². The number of isocyanates is 1. The minimum Gasteiger partial charge on any atom is -0.399 e. The Kier molecular flexibility index (Phi) is 20.2. The standard InChI is InChI=1S/C21H27N5O2.C17H20N4O.C12H19BN2O2.C11H13BrN2O.C4H7NO/c1-13(2)9-20(28)24-11-14(3)26(15(4)27)19-8-7-18(23-21(19)24)16-10-22-25(12-16)17-5-6-17;1-11-3-6-16-17(21(11)12(2)22)8-7-15(19-16)13-9-18-20(10-13)14-4-5-14;1-11(2)12(3,4)17-13(16-11)9-7-14-15(8-9)10-5-6-10;1-7-3-4-9-10(14(7)8(2)15)5-6-11(12)13-9;1-4(2)5-3-6/h7-8,10,12-14,17H,5-6,9,11H2,1-4H3;7-11,14H,3-6H2,1-2H3;7-8,10H,5-6H2,1-4H3;5-7H,3-4H2,1-2H3;4H,1-2H3/t14-;11-;;7-;/m00.0./s1. The van der Waals surface area contributed by atoms with E-state index in [1.165, 1.54) is 44.6 Å². The third-order valence-electron chi connectivity index (χ3n) is 17.0. The van der Waals surface area contributed by atoms with Crippen LogP contribution in [0.4, 0.5) is 22.9 Å². The van der Waals surface area contributed by atoms with E-state index in [0.29, 0.717) is 42.6 Å². The summed E-state index contributed by atoms with van der Waals surface area (Å²) in [5, 5.41) is 13.3. The van der Waals surface area contributed by atoms with Crippen molar-refractivity contribution in [2.75, 3.05) is 26.1 Å². The summed E-state index contributed by atoms with van der Waals surface area (Å²) in [4.78, 5) is 82.4. The van der Waals surface area contributed by atoms with Gasteiger partial charge in [-0.3, -0.25) is 43.1 Å². The smallest absolute Gasteiger partial charge is 0.399 e. The summed E-state index contributed by atoms with van der Waals surface area (Å²) in [7, 11) is -0.285.